The van der Waals surface area contributed by atoms with Crippen molar-refractivity contribution < 1.29 is 13.9 Å². The maximum absolute atomic E-state index is 13.7. The molecule has 166 valence electrons. The van der Waals surface area contributed by atoms with Crippen molar-refractivity contribution in [1.29, 1.82) is 0 Å². The van der Waals surface area contributed by atoms with Crippen molar-refractivity contribution in [2.45, 2.75) is 6.61 Å². The summed E-state index contributed by atoms with van der Waals surface area (Å²) in [6.07, 6.45) is 1.15. The van der Waals surface area contributed by atoms with Crippen molar-refractivity contribution in [2.24, 2.45) is 5.10 Å². The molecule has 0 radical (unpaired) electrons. The average molecular weight is 483 g/mol. The van der Waals surface area contributed by atoms with Gasteiger partial charge in [-0.25, -0.2) is 9.82 Å². The van der Waals surface area contributed by atoms with Crippen LogP contribution >= 0.6 is 23.2 Å². The highest BCUT2D eigenvalue weighted by atomic mass is 35.5. The van der Waals surface area contributed by atoms with Crippen molar-refractivity contribution in [1.82, 2.24) is 15.6 Å². The molecule has 33 heavy (non-hydrogen) atoms. The number of ether oxygens (including phenoxy) is 1. The predicted octanol–water partition coefficient (Wildman–Crippen LogP) is 5.87. The molecular formula is C24H17Cl2FN4O2. The van der Waals surface area contributed by atoms with Gasteiger partial charge in [0.1, 0.15) is 23.9 Å². The van der Waals surface area contributed by atoms with Gasteiger partial charge in [0.25, 0.3) is 5.91 Å². The molecule has 0 bridgehead atoms. The summed E-state index contributed by atoms with van der Waals surface area (Å²) >= 11 is 11.8. The minimum absolute atomic E-state index is 0.0862. The highest BCUT2D eigenvalue weighted by Crippen LogP contribution is 2.22. The summed E-state index contributed by atoms with van der Waals surface area (Å²) < 4.78 is 19.5. The Balaban J connectivity index is 1.35. The summed E-state index contributed by atoms with van der Waals surface area (Å²) in [7, 11) is 0. The molecule has 1 amide bonds. The summed E-state index contributed by atoms with van der Waals surface area (Å²) in [5, 5.41) is 11.5. The summed E-state index contributed by atoms with van der Waals surface area (Å²) in [5.41, 5.74) is 4.98. The summed E-state index contributed by atoms with van der Waals surface area (Å²) in [6, 6.07) is 20.6. The third-order valence-electron chi connectivity index (χ3n) is 4.65. The zero-order valence-electron chi connectivity index (χ0n) is 17.1. The molecule has 4 aromatic rings. The molecule has 3 aromatic carbocycles. The first-order valence-electron chi connectivity index (χ1n) is 9.80. The van der Waals surface area contributed by atoms with Gasteiger partial charge in [-0.05, 0) is 60.2 Å². The van der Waals surface area contributed by atoms with Gasteiger partial charge in [0.2, 0.25) is 0 Å². The van der Waals surface area contributed by atoms with E-state index in [4.69, 9.17) is 27.9 Å². The van der Waals surface area contributed by atoms with Gasteiger partial charge < -0.3 is 4.74 Å². The second-order valence-electron chi connectivity index (χ2n) is 6.94. The van der Waals surface area contributed by atoms with E-state index >= 15 is 0 Å². The number of nitrogens with zero attached hydrogens (tertiary/aromatic N) is 2. The molecule has 0 aliphatic heterocycles. The number of H-pyrrole nitrogens is 1. The van der Waals surface area contributed by atoms with Crippen LogP contribution in [-0.2, 0) is 6.61 Å². The van der Waals surface area contributed by atoms with Gasteiger partial charge >= 0.3 is 0 Å². The zero-order chi connectivity index (χ0) is 23.2. The fourth-order valence-electron chi connectivity index (χ4n) is 2.90. The number of benzene rings is 3. The van der Waals surface area contributed by atoms with Crippen molar-refractivity contribution in [2.75, 3.05) is 0 Å². The number of carbonyl (C=O) groups excluding carboxylic acids is 1. The van der Waals surface area contributed by atoms with Crippen molar-refractivity contribution in [3.05, 3.63) is 105 Å². The van der Waals surface area contributed by atoms with Crippen molar-refractivity contribution in [3.8, 4) is 17.0 Å². The number of amides is 1. The lowest BCUT2D eigenvalue weighted by Crippen LogP contribution is -2.18. The van der Waals surface area contributed by atoms with E-state index in [1.165, 1.54) is 18.2 Å². The molecule has 0 saturated heterocycles. The van der Waals surface area contributed by atoms with Crippen LogP contribution in [-0.4, -0.2) is 22.3 Å². The zero-order valence-corrected chi connectivity index (χ0v) is 18.6. The van der Waals surface area contributed by atoms with Crippen LogP contribution in [0.15, 0.2) is 77.9 Å². The highest BCUT2D eigenvalue weighted by molar-refractivity contribution is 6.33. The molecule has 0 atom stereocenters. The summed E-state index contributed by atoms with van der Waals surface area (Å²) in [5.74, 6) is -0.367. The number of rotatable bonds is 7. The van der Waals surface area contributed by atoms with Crippen LogP contribution in [0, 0.1) is 5.82 Å². The molecule has 1 aromatic heterocycles. The number of hydrazone groups is 1. The van der Waals surface area contributed by atoms with Crippen molar-refractivity contribution in [3.63, 3.8) is 0 Å². The first-order valence-corrected chi connectivity index (χ1v) is 10.6. The Morgan fingerprint density at radius 1 is 1.09 bits per heavy atom. The van der Waals surface area contributed by atoms with Crippen LogP contribution in [0.25, 0.3) is 11.3 Å². The van der Waals surface area contributed by atoms with Gasteiger partial charge in [0.05, 0.1) is 16.9 Å². The smallest absolute Gasteiger partial charge is 0.289 e. The molecule has 4 rings (SSSR count). The summed E-state index contributed by atoms with van der Waals surface area (Å²) in [4.78, 5) is 12.3. The molecule has 0 fully saturated rings. The third kappa shape index (κ3) is 5.77. The molecule has 0 aliphatic rings. The fourth-order valence-corrected chi connectivity index (χ4v) is 3.24. The topological polar surface area (TPSA) is 79.4 Å². The molecule has 0 unspecified atom stereocenters. The minimum Gasteiger partial charge on any atom is -0.489 e. The number of carbonyl (C=O) groups is 1. The van der Waals surface area contributed by atoms with Gasteiger partial charge in [0, 0.05) is 16.1 Å². The first kappa shape index (κ1) is 22.5. The standard InChI is InChI=1S/C24H17Cl2FN4O2/c25-17-8-4-15(5-9-17)14-33-18-10-6-16(7-11-18)22-12-23(30-29-22)24(32)31-28-13-19-20(26)2-1-3-21(19)27/h1-13H,14H2,(H,29,30)(H,31,32). The number of aromatic nitrogens is 2. The van der Waals surface area contributed by atoms with E-state index in [1.54, 1.807) is 6.07 Å². The lowest BCUT2D eigenvalue weighted by molar-refractivity contribution is 0.0950. The SMILES string of the molecule is O=C(NN=Cc1c(F)cccc1Cl)c1cc(-c2ccc(OCc3ccc(Cl)cc3)cc2)n[nH]1. The molecule has 0 spiro atoms. The average Bonchev–Trinajstić information content (AvgIpc) is 3.31. The van der Waals surface area contributed by atoms with Crippen LogP contribution in [0.3, 0.4) is 0 Å². The van der Waals surface area contributed by atoms with Gasteiger partial charge in [-0.2, -0.15) is 10.2 Å². The second kappa shape index (κ2) is 10.3. The molecule has 0 saturated carbocycles. The van der Waals surface area contributed by atoms with E-state index in [0.29, 0.717) is 23.1 Å². The first-order chi connectivity index (χ1) is 16.0. The molecule has 1 heterocycles. The van der Waals surface area contributed by atoms with Gasteiger partial charge in [-0.1, -0.05) is 41.4 Å². The summed E-state index contributed by atoms with van der Waals surface area (Å²) in [6.45, 7) is 0.419. The Kier molecular flexibility index (Phi) is 7.02. The molecular weight excluding hydrogens is 466 g/mol. The Bertz CT molecular complexity index is 1270. The second-order valence-corrected chi connectivity index (χ2v) is 7.78. The van der Waals surface area contributed by atoms with Crippen LogP contribution in [0.5, 0.6) is 5.75 Å². The largest absolute Gasteiger partial charge is 0.489 e. The maximum Gasteiger partial charge on any atom is 0.289 e. The van der Waals surface area contributed by atoms with Crippen LogP contribution in [0.4, 0.5) is 4.39 Å². The maximum atomic E-state index is 13.7. The van der Waals surface area contributed by atoms with E-state index in [-0.39, 0.29) is 16.3 Å². The van der Waals surface area contributed by atoms with Gasteiger partial charge in [-0.15, -0.1) is 0 Å². The minimum atomic E-state index is -0.537. The van der Waals surface area contributed by atoms with E-state index in [1.807, 2.05) is 48.5 Å². The lowest BCUT2D eigenvalue weighted by Gasteiger charge is -2.07. The van der Waals surface area contributed by atoms with E-state index in [0.717, 1.165) is 17.3 Å². The third-order valence-corrected chi connectivity index (χ3v) is 5.23. The molecule has 0 aliphatic carbocycles. The Morgan fingerprint density at radius 3 is 2.58 bits per heavy atom. The van der Waals surface area contributed by atoms with E-state index in [2.05, 4.69) is 20.7 Å². The highest BCUT2D eigenvalue weighted by Gasteiger charge is 2.11. The van der Waals surface area contributed by atoms with E-state index in [9.17, 15) is 9.18 Å². The molecule has 6 nitrogen and oxygen atoms in total. The number of hydrogen-bond acceptors (Lipinski definition) is 4. The van der Waals surface area contributed by atoms with Crippen LogP contribution in [0.2, 0.25) is 10.0 Å². The van der Waals surface area contributed by atoms with E-state index < -0.39 is 11.7 Å². The molecule has 2 N–H and O–H groups in total. The van der Waals surface area contributed by atoms with Gasteiger partial charge in [-0.3, -0.25) is 9.89 Å². The number of halogens is 3. The number of nitrogens with one attached hydrogen (secondary N) is 2. The normalized spacial score (nSPS) is 11.0. The molecule has 9 heteroatoms. The van der Waals surface area contributed by atoms with Crippen molar-refractivity contribution >= 4 is 35.3 Å². The monoisotopic (exact) mass is 482 g/mol. The van der Waals surface area contributed by atoms with Crippen LogP contribution < -0.4 is 10.2 Å². The lowest BCUT2D eigenvalue weighted by atomic mass is 10.1. The quantitative estimate of drug-likeness (QED) is 0.255. The number of hydrogen-bond donors (Lipinski definition) is 2. The Morgan fingerprint density at radius 2 is 1.85 bits per heavy atom. The predicted molar refractivity (Wildman–Crippen MR) is 126 cm³/mol. The van der Waals surface area contributed by atoms with Crippen LogP contribution in [0.1, 0.15) is 21.6 Å². The van der Waals surface area contributed by atoms with Gasteiger partial charge in [0.15, 0.2) is 0 Å². The fraction of sp³-hybridized carbons (Fsp3) is 0.0417. The number of aromatic amines is 1. The Labute approximate surface area is 199 Å². The Hall–Kier alpha value is -3.68.